The Morgan fingerprint density at radius 3 is 2.32 bits per heavy atom. The number of aliphatic carboxylic acids is 1. The van der Waals surface area contributed by atoms with Crippen molar-refractivity contribution < 1.29 is 24.2 Å². The molecule has 1 fully saturated rings. The minimum absolute atomic E-state index is 0.109. The highest BCUT2D eigenvalue weighted by molar-refractivity contribution is 9.11. The van der Waals surface area contributed by atoms with Crippen molar-refractivity contribution in [3.63, 3.8) is 0 Å². The van der Waals surface area contributed by atoms with E-state index < -0.39 is 5.97 Å². The first kappa shape index (κ1) is 27.4. The van der Waals surface area contributed by atoms with Crippen LogP contribution in [0.3, 0.4) is 0 Å². The summed E-state index contributed by atoms with van der Waals surface area (Å²) in [7, 11) is 1.63. The van der Waals surface area contributed by atoms with Gasteiger partial charge in [-0.2, -0.15) is 0 Å². The maximum Gasteiger partial charge on any atom is 0.307 e. The molecule has 1 aliphatic carbocycles. The molecule has 7 heteroatoms. The summed E-state index contributed by atoms with van der Waals surface area (Å²) >= 11 is 7.05. The zero-order chi connectivity index (χ0) is 26.5. The van der Waals surface area contributed by atoms with Crippen LogP contribution in [0, 0.1) is 12.8 Å². The lowest BCUT2D eigenvalue weighted by molar-refractivity contribution is -0.136. The van der Waals surface area contributed by atoms with Gasteiger partial charge in [0.1, 0.15) is 11.5 Å². The number of aryl methyl sites for hydroxylation is 2. The van der Waals surface area contributed by atoms with Crippen LogP contribution in [0.5, 0.6) is 17.2 Å². The fraction of sp³-hybridized carbons (Fsp3) is 0.333. The molecule has 194 valence electrons. The van der Waals surface area contributed by atoms with Crippen LogP contribution < -0.4 is 9.47 Å². The van der Waals surface area contributed by atoms with E-state index >= 15 is 0 Å². The van der Waals surface area contributed by atoms with Crippen molar-refractivity contribution >= 4 is 43.6 Å². The Hall–Kier alpha value is -2.64. The van der Waals surface area contributed by atoms with Crippen molar-refractivity contribution in [3.05, 3.63) is 85.3 Å². The normalized spacial score (nSPS) is 13.5. The number of methoxy groups -OCH3 is 1. The lowest BCUT2D eigenvalue weighted by atomic mass is 9.94. The SMILES string of the molecule is COc1cc(C(=O)c2cccc(C)c2)c(Oc2c(Br)cc(CC(=O)O)cc2Br)cc1CCC1CCCC1. The molecular formula is C30H30Br2O5. The van der Waals surface area contributed by atoms with Gasteiger partial charge >= 0.3 is 5.97 Å². The summed E-state index contributed by atoms with van der Waals surface area (Å²) in [6, 6.07) is 14.6. The van der Waals surface area contributed by atoms with Crippen LogP contribution in [0.25, 0.3) is 0 Å². The molecule has 3 aromatic carbocycles. The Labute approximate surface area is 234 Å². The van der Waals surface area contributed by atoms with E-state index in [1.54, 1.807) is 31.4 Å². The standard InChI is InChI=1S/C30H30Br2O5/c1-18-6-5-9-22(12-18)29(35)23-17-26(36-2)21(11-10-19-7-3-4-8-19)16-27(23)37-30-24(31)13-20(14-25(30)32)15-28(33)34/h5-6,9,12-14,16-17,19H,3-4,7-8,10-11,15H2,1-2H3,(H,33,34). The van der Waals surface area contributed by atoms with Gasteiger partial charge in [-0.25, -0.2) is 0 Å². The quantitative estimate of drug-likeness (QED) is 0.228. The van der Waals surface area contributed by atoms with Gasteiger partial charge in [-0.1, -0.05) is 49.4 Å². The van der Waals surface area contributed by atoms with E-state index in [9.17, 15) is 14.7 Å². The first-order chi connectivity index (χ1) is 17.7. The molecule has 1 aliphatic rings. The summed E-state index contributed by atoms with van der Waals surface area (Å²) in [4.78, 5) is 24.9. The van der Waals surface area contributed by atoms with Crippen LogP contribution in [0.2, 0.25) is 0 Å². The van der Waals surface area contributed by atoms with Gasteiger partial charge in [0.15, 0.2) is 11.5 Å². The predicted octanol–water partition coefficient (Wildman–Crippen LogP) is 8.30. The first-order valence-corrected chi connectivity index (χ1v) is 14.0. The Morgan fingerprint density at radius 2 is 1.70 bits per heavy atom. The lowest BCUT2D eigenvalue weighted by Gasteiger charge is -2.18. The molecule has 0 atom stereocenters. The number of carboxylic acids is 1. The Balaban J connectivity index is 1.76. The van der Waals surface area contributed by atoms with Crippen LogP contribution >= 0.6 is 31.9 Å². The highest BCUT2D eigenvalue weighted by atomic mass is 79.9. The summed E-state index contributed by atoms with van der Waals surface area (Å²) in [6.45, 7) is 1.95. The minimum Gasteiger partial charge on any atom is -0.496 e. The third kappa shape index (κ3) is 6.82. The summed E-state index contributed by atoms with van der Waals surface area (Å²) in [5.74, 6) is 1.22. The summed E-state index contributed by atoms with van der Waals surface area (Å²) in [5, 5.41) is 9.18. The third-order valence-corrected chi connectivity index (χ3v) is 8.01. The van der Waals surface area contributed by atoms with Gasteiger partial charge in [0.2, 0.25) is 0 Å². The molecule has 37 heavy (non-hydrogen) atoms. The van der Waals surface area contributed by atoms with Crippen LogP contribution in [-0.2, 0) is 17.6 Å². The second-order valence-corrected chi connectivity index (χ2v) is 11.3. The molecule has 1 N–H and O–H groups in total. The number of hydrogen-bond acceptors (Lipinski definition) is 4. The Kier molecular flexibility index (Phi) is 9.08. The molecular weight excluding hydrogens is 600 g/mol. The molecule has 1 saturated carbocycles. The maximum atomic E-state index is 13.7. The van der Waals surface area contributed by atoms with Gasteiger partial charge in [0.25, 0.3) is 0 Å². The van der Waals surface area contributed by atoms with Gasteiger partial charge in [0.05, 0.1) is 28.0 Å². The van der Waals surface area contributed by atoms with E-state index in [0.29, 0.717) is 48.8 Å². The van der Waals surface area contributed by atoms with Crippen LogP contribution in [0.15, 0.2) is 57.5 Å². The number of halogens is 2. The van der Waals surface area contributed by atoms with Crippen molar-refractivity contribution in [2.24, 2.45) is 5.92 Å². The maximum absolute atomic E-state index is 13.7. The largest absolute Gasteiger partial charge is 0.496 e. The fourth-order valence-corrected chi connectivity index (χ4v) is 6.39. The number of carbonyl (C=O) groups excluding carboxylic acids is 1. The van der Waals surface area contributed by atoms with Gasteiger partial charge in [0, 0.05) is 5.56 Å². The van der Waals surface area contributed by atoms with Crippen molar-refractivity contribution in [2.45, 2.75) is 51.9 Å². The van der Waals surface area contributed by atoms with Crippen LogP contribution in [0.4, 0.5) is 0 Å². The highest BCUT2D eigenvalue weighted by Gasteiger charge is 2.23. The zero-order valence-corrected chi connectivity index (χ0v) is 24.2. The van der Waals surface area contributed by atoms with E-state index in [2.05, 4.69) is 31.9 Å². The predicted molar refractivity (Wildman–Crippen MR) is 151 cm³/mol. The summed E-state index contributed by atoms with van der Waals surface area (Å²) < 4.78 is 13.3. The number of rotatable bonds is 10. The fourth-order valence-electron chi connectivity index (χ4n) is 4.95. The number of carbonyl (C=O) groups is 2. The minimum atomic E-state index is -0.916. The molecule has 4 rings (SSSR count). The molecule has 0 heterocycles. The Bertz CT molecular complexity index is 1290. The van der Waals surface area contributed by atoms with Gasteiger partial charge in [-0.15, -0.1) is 0 Å². The Morgan fingerprint density at radius 1 is 1.00 bits per heavy atom. The second kappa shape index (κ2) is 12.3. The first-order valence-electron chi connectivity index (χ1n) is 12.4. The van der Waals surface area contributed by atoms with Crippen molar-refractivity contribution in [3.8, 4) is 17.2 Å². The molecule has 0 bridgehead atoms. The monoisotopic (exact) mass is 628 g/mol. The summed E-state index contributed by atoms with van der Waals surface area (Å²) in [5.41, 5.74) is 3.59. The molecule has 0 radical (unpaired) electrons. The van der Waals surface area contributed by atoms with Crippen LogP contribution in [0.1, 0.15) is 64.7 Å². The molecule has 0 aliphatic heterocycles. The van der Waals surface area contributed by atoms with Crippen molar-refractivity contribution in [1.29, 1.82) is 0 Å². The van der Waals surface area contributed by atoms with Crippen LogP contribution in [-0.4, -0.2) is 24.0 Å². The van der Waals surface area contributed by atoms with E-state index in [4.69, 9.17) is 9.47 Å². The molecule has 5 nitrogen and oxygen atoms in total. The van der Waals surface area contributed by atoms with E-state index in [-0.39, 0.29) is 12.2 Å². The molecule has 0 saturated heterocycles. The van der Waals surface area contributed by atoms with E-state index in [1.165, 1.54) is 25.7 Å². The topological polar surface area (TPSA) is 72.8 Å². The van der Waals surface area contributed by atoms with Gasteiger partial charge in [-0.05, 0) is 99.0 Å². The average Bonchev–Trinajstić information content (AvgIpc) is 3.38. The lowest BCUT2D eigenvalue weighted by Crippen LogP contribution is -2.07. The van der Waals surface area contributed by atoms with Crippen molar-refractivity contribution in [2.75, 3.05) is 7.11 Å². The number of carboxylic acid groups (broad SMARTS) is 1. The average molecular weight is 630 g/mol. The number of hydrogen-bond donors (Lipinski definition) is 1. The highest BCUT2D eigenvalue weighted by Crippen LogP contribution is 2.41. The molecule has 0 unspecified atom stereocenters. The summed E-state index contributed by atoms with van der Waals surface area (Å²) in [6.07, 6.45) is 6.90. The molecule has 0 amide bonds. The van der Waals surface area contributed by atoms with Crippen molar-refractivity contribution in [1.82, 2.24) is 0 Å². The third-order valence-electron chi connectivity index (χ3n) is 6.83. The van der Waals surface area contributed by atoms with E-state index in [1.807, 2.05) is 31.2 Å². The molecule has 0 spiro atoms. The number of benzene rings is 3. The molecule has 0 aromatic heterocycles. The molecule has 3 aromatic rings. The zero-order valence-electron chi connectivity index (χ0n) is 21.0. The smallest absolute Gasteiger partial charge is 0.307 e. The van der Waals surface area contributed by atoms with Gasteiger partial charge < -0.3 is 14.6 Å². The van der Waals surface area contributed by atoms with Gasteiger partial charge in [-0.3, -0.25) is 9.59 Å². The number of ketones is 1. The number of ether oxygens (including phenoxy) is 2. The van der Waals surface area contributed by atoms with E-state index in [0.717, 1.165) is 24.0 Å². The second-order valence-electron chi connectivity index (χ2n) is 9.61.